The second-order valence-electron chi connectivity index (χ2n) is 1.95. The zero-order valence-corrected chi connectivity index (χ0v) is 6.76. The molecule has 0 fully saturated rings. The number of rotatable bonds is 2. The van der Waals surface area contributed by atoms with Crippen LogP contribution in [0.3, 0.4) is 0 Å². The molecule has 0 amide bonds. The third-order valence-corrected chi connectivity index (χ3v) is 1.39. The summed E-state index contributed by atoms with van der Waals surface area (Å²) in [5.74, 6) is 0.120. The Kier molecular flexibility index (Phi) is 2.48. The molecule has 1 heterocycles. The fourth-order valence-corrected chi connectivity index (χ4v) is 0.884. The summed E-state index contributed by atoms with van der Waals surface area (Å²) >= 11 is 5.61. The predicted octanol–water partition coefficient (Wildman–Crippen LogP) is 2.35. The van der Waals surface area contributed by atoms with E-state index in [4.69, 9.17) is 17.1 Å². The highest BCUT2D eigenvalue weighted by Crippen LogP contribution is 2.12. The van der Waals surface area contributed by atoms with Crippen molar-refractivity contribution in [3.8, 4) is 0 Å². The van der Waals surface area contributed by atoms with Crippen molar-refractivity contribution >= 4 is 17.5 Å². The van der Waals surface area contributed by atoms with Crippen molar-refractivity contribution in [3.05, 3.63) is 16.9 Å². The van der Waals surface area contributed by atoms with Crippen LogP contribution in [0.5, 0.6) is 0 Å². The highest BCUT2D eigenvalue weighted by atomic mass is 35.5. The maximum absolute atomic E-state index is 6.65. The van der Waals surface area contributed by atoms with Crippen LogP contribution < -0.4 is 0 Å². The number of nitrogens with one attached hydrogen (secondary N) is 1. The van der Waals surface area contributed by atoms with Gasteiger partial charge >= 0.3 is 0 Å². The molecule has 1 N–H and O–H groups in total. The molecule has 1 aromatic heterocycles. The Morgan fingerprint density at radius 3 is 2.91 bits per heavy atom. The van der Waals surface area contributed by atoms with Gasteiger partial charge in [-0.25, -0.2) is 10.5 Å². The lowest BCUT2D eigenvalue weighted by Crippen LogP contribution is -1.89. The molecule has 0 aliphatic heterocycles. The number of aromatic nitrogens is 2. The molecule has 0 aromatic carbocycles. The van der Waals surface area contributed by atoms with Gasteiger partial charge in [0.15, 0.2) is 0 Å². The third kappa shape index (κ3) is 1.94. The summed E-state index contributed by atoms with van der Waals surface area (Å²) in [6.45, 7) is 1.95. The molecule has 0 bridgehead atoms. The summed E-state index contributed by atoms with van der Waals surface area (Å²) in [7, 11) is 0. The Morgan fingerprint density at radius 2 is 2.36 bits per heavy atom. The van der Waals surface area contributed by atoms with Crippen LogP contribution in [0.2, 0.25) is 5.15 Å². The zero-order valence-electron chi connectivity index (χ0n) is 6.00. The number of nitrogens with zero attached hydrogens (tertiary/aromatic N) is 3. The van der Waals surface area contributed by atoms with E-state index in [2.05, 4.69) is 15.1 Å². The SMILES string of the molecule is CCc1cc(Cl)nc(N=N)n1. The predicted molar refractivity (Wildman–Crippen MR) is 41.2 cm³/mol. The molecular weight excluding hydrogens is 164 g/mol. The molecule has 1 aromatic rings. The van der Waals surface area contributed by atoms with Gasteiger partial charge in [0.05, 0.1) is 0 Å². The summed E-state index contributed by atoms with van der Waals surface area (Å²) in [5.41, 5.74) is 7.46. The molecule has 5 heteroatoms. The van der Waals surface area contributed by atoms with Gasteiger partial charge in [0.1, 0.15) is 5.15 Å². The summed E-state index contributed by atoms with van der Waals surface area (Å²) < 4.78 is 0. The highest BCUT2D eigenvalue weighted by molar-refractivity contribution is 6.29. The van der Waals surface area contributed by atoms with Gasteiger partial charge < -0.3 is 0 Å². The van der Waals surface area contributed by atoms with E-state index in [9.17, 15) is 0 Å². The van der Waals surface area contributed by atoms with Gasteiger partial charge in [-0.2, -0.15) is 4.98 Å². The lowest BCUT2D eigenvalue weighted by molar-refractivity contribution is 0.955. The molecule has 0 saturated carbocycles. The third-order valence-electron chi connectivity index (χ3n) is 1.20. The van der Waals surface area contributed by atoms with E-state index < -0.39 is 0 Å². The van der Waals surface area contributed by atoms with Crippen LogP contribution in [0, 0.1) is 5.53 Å². The van der Waals surface area contributed by atoms with E-state index in [0.29, 0.717) is 5.15 Å². The largest absolute Gasteiger partial charge is 0.269 e. The van der Waals surface area contributed by atoms with E-state index in [1.54, 1.807) is 6.07 Å². The second-order valence-corrected chi connectivity index (χ2v) is 2.33. The lowest BCUT2D eigenvalue weighted by Gasteiger charge is -1.96. The van der Waals surface area contributed by atoms with E-state index in [0.717, 1.165) is 12.1 Å². The fourth-order valence-electron chi connectivity index (χ4n) is 0.682. The van der Waals surface area contributed by atoms with Crippen LogP contribution in [-0.4, -0.2) is 9.97 Å². The van der Waals surface area contributed by atoms with E-state index in [1.807, 2.05) is 6.92 Å². The Balaban J connectivity index is 3.11. The topological polar surface area (TPSA) is 62.0 Å². The summed E-state index contributed by atoms with van der Waals surface area (Å²) in [4.78, 5) is 7.62. The summed E-state index contributed by atoms with van der Waals surface area (Å²) in [6.07, 6.45) is 0.769. The van der Waals surface area contributed by atoms with Crippen LogP contribution in [-0.2, 0) is 6.42 Å². The average Bonchev–Trinajstić information content (AvgIpc) is 2.03. The van der Waals surface area contributed by atoms with Crippen LogP contribution in [0.4, 0.5) is 5.95 Å². The molecule has 0 aliphatic rings. The number of hydrogen-bond donors (Lipinski definition) is 1. The Labute approximate surface area is 69.1 Å². The van der Waals surface area contributed by atoms with Gasteiger partial charge in [-0.05, 0) is 12.5 Å². The van der Waals surface area contributed by atoms with Crippen molar-refractivity contribution in [3.63, 3.8) is 0 Å². The van der Waals surface area contributed by atoms with Crippen LogP contribution in [0.15, 0.2) is 11.2 Å². The molecule has 4 nitrogen and oxygen atoms in total. The second kappa shape index (κ2) is 3.39. The van der Waals surface area contributed by atoms with Crippen molar-refractivity contribution in [2.75, 3.05) is 0 Å². The quantitative estimate of drug-likeness (QED) is 0.547. The monoisotopic (exact) mass is 170 g/mol. The highest BCUT2D eigenvalue weighted by Gasteiger charge is 1.99. The number of hydrogen-bond acceptors (Lipinski definition) is 4. The van der Waals surface area contributed by atoms with Crippen molar-refractivity contribution < 1.29 is 0 Å². The first kappa shape index (κ1) is 8.07. The zero-order chi connectivity index (χ0) is 8.27. The standard InChI is InChI=1S/C6H7ClN4/c1-2-4-3-5(7)10-6(9-4)11-8/h3,8H,2H2,1H3. The van der Waals surface area contributed by atoms with Gasteiger partial charge in [-0.3, -0.25) is 0 Å². The maximum atomic E-state index is 6.65. The smallest absolute Gasteiger partial charge is 0.215 e. The molecule has 0 radical (unpaired) electrons. The molecular formula is C6H7ClN4. The normalized spacial score (nSPS) is 9.64. The molecule has 0 unspecified atom stereocenters. The van der Waals surface area contributed by atoms with Crippen LogP contribution in [0.25, 0.3) is 0 Å². The number of halogens is 1. The molecule has 58 valence electrons. The Morgan fingerprint density at radius 1 is 1.64 bits per heavy atom. The summed E-state index contributed by atoms with van der Waals surface area (Å²) in [5, 5.41) is 3.42. The first-order valence-corrected chi connectivity index (χ1v) is 3.55. The van der Waals surface area contributed by atoms with Crippen LogP contribution >= 0.6 is 11.6 Å². The van der Waals surface area contributed by atoms with E-state index in [1.165, 1.54) is 0 Å². The van der Waals surface area contributed by atoms with Gasteiger partial charge in [0.2, 0.25) is 0 Å². The molecule has 0 saturated heterocycles. The maximum Gasteiger partial charge on any atom is 0.269 e. The van der Waals surface area contributed by atoms with Crippen LogP contribution in [0.1, 0.15) is 12.6 Å². The van der Waals surface area contributed by atoms with Gasteiger partial charge in [-0.1, -0.05) is 18.5 Å². The first-order valence-electron chi connectivity index (χ1n) is 3.17. The molecule has 11 heavy (non-hydrogen) atoms. The molecule has 0 spiro atoms. The Hall–Kier alpha value is -1.03. The van der Waals surface area contributed by atoms with Crippen molar-refractivity contribution in [2.45, 2.75) is 13.3 Å². The Bertz CT molecular complexity index is 273. The van der Waals surface area contributed by atoms with Crippen molar-refractivity contribution in [1.29, 1.82) is 5.53 Å². The van der Waals surface area contributed by atoms with Gasteiger partial charge in [0.25, 0.3) is 5.95 Å². The first-order chi connectivity index (χ1) is 5.26. The molecule has 0 aliphatic carbocycles. The minimum Gasteiger partial charge on any atom is -0.215 e. The minimum absolute atomic E-state index is 0.120. The minimum atomic E-state index is 0.120. The summed E-state index contributed by atoms with van der Waals surface area (Å²) in [6, 6.07) is 1.66. The average molecular weight is 171 g/mol. The van der Waals surface area contributed by atoms with Crippen molar-refractivity contribution in [2.24, 2.45) is 5.11 Å². The van der Waals surface area contributed by atoms with Gasteiger partial charge in [0, 0.05) is 5.69 Å². The van der Waals surface area contributed by atoms with Gasteiger partial charge in [-0.15, -0.1) is 5.11 Å². The van der Waals surface area contributed by atoms with Crippen molar-refractivity contribution in [1.82, 2.24) is 9.97 Å². The lowest BCUT2D eigenvalue weighted by atomic mass is 10.3. The molecule has 0 atom stereocenters. The number of aryl methyl sites for hydroxylation is 1. The van der Waals surface area contributed by atoms with E-state index in [-0.39, 0.29) is 5.95 Å². The fraction of sp³-hybridized carbons (Fsp3) is 0.333. The molecule has 1 rings (SSSR count). The van der Waals surface area contributed by atoms with E-state index >= 15 is 0 Å².